The molecule has 1 N–H and O–H groups in total. The molecule has 0 aromatic heterocycles. The molecule has 0 atom stereocenters. The van der Waals surface area contributed by atoms with Crippen LogP contribution >= 0.6 is 0 Å². The second-order valence-electron chi connectivity index (χ2n) is 11.8. The van der Waals surface area contributed by atoms with E-state index in [1.807, 2.05) is 62.3 Å². The fraction of sp³-hybridized carbons (Fsp3) is 0.840. The molecule has 0 unspecified atom stereocenters. The van der Waals surface area contributed by atoms with Crippen LogP contribution in [0.4, 0.5) is 0 Å². The van der Waals surface area contributed by atoms with Crippen molar-refractivity contribution < 1.29 is 56.9 Å². The van der Waals surface area contributed by atoms with Crippen molar-refractivity contribution in [2.75, 3.05) is 19.8 Å². The van der Waals surface area contributed by atoms with Gasteiger partial charge in [-0.3, -0.25) is 9.59 Å². The van der Waals surface area contributed by atoms with Gasteiger partial charge in [0.25, 0.3) is 0 Å². The molecule has 0 saturated heterocycles. The first-order valence-corrected chi connectivity index (χ1v) is 10.7. The Kier molecular flexibility index (Phi) is 20.3. The normalized spacial score (nSPS) is 11.8. The predicted molar refractivity (Wildman–Crippen MR) is 125 cm³/mol. The molecule has 0 heterocycles. The van der Waals surface area contributed by atoms with Crippen molar-refractivity contribution in [3.63, 3.8) is 0 Å². The number of carbonyl (C=O) groups excluding carboxylic acids is 3. The third-order valence-electron chi connectivity index (χ3n) is 3.91. The third-order valence-corrected chi connectivity index (χ3v) is 3.91. The van der Waals surface area contributed by atoms with Gasteiger partial charge in [0.1, 0.15) is 11.6 Å². The summed E-state index contributed by atoms with van der Waals surface area (Å²) in [5.74, 6) is 0.540. The molecule has 0 amide bonds. The summed E-state index contributed by atoms with van der Waals surface area (Å²) in [7, 11) is 0. The van der Waals surface area contributed by atoms with Gasteiger partial charge < -0.3 is 21.6 Å². The SMILES string of the molecule is CC(C)(C)C(=O)CCOCCO.CC(C)(C)CC(=O)C(C)(C)C.[CH2-]C(=O)C(C)(C)C.[Y]. The molecule has 31 heavy (non-hydrogen) atoms. The maximum absolute atomic E-state index is 11.5. The van der Waals surface area contributed by atoms with Crippen LogP contribution < -0.4 is 0 Å². The van der Waals surface area contributed by atoms with Crippen LogP contribution in [0, 0.1) is 28.6 Å². The van der Waals surface area contributed by atoms with E-state index in [9.17, 15) is 14.4 Å². The number of Topliss-reactive ketones (excluding diaryl/α,β-unsaturated/α-hetero) is 3. The Balaban J connectivity index is -0.000000179. The monoisotopic (exact) mass is 518 g/mol. The number of ether oxygens (including phenoxy) is 1. The molecule has 0 bridgehead atoms. The smallest absolute Gasteiger partial charge is 0.140 e. The number of rotatable bonds is 6. The van der Waals surface area contributed by atoms with Crippen molar-refractivity contribution in [3.8, 4) is 0 Å². The van der Waals surface area contributed by atoms with Gasteiger partial charge in [-0.1, -0.05) is 83.1 Å². The van der Waals surface area contributed by atoms with Gasteiger partial charge in [-0.25, -0.2) is 0 Å². The zero-order valence-electron chi connectivity index (χ0n) is 22.4. The number of aliphatic hydroxyl groups is 1. The zero-order chi connectivity index (χ0) is 25.0. The van der Waals surface area contributed by atoms with E-state index in [4.69, 9.17) is 9.84 Å². The second-order valence-corrected chi connectivity index (χ2v) is 11.8. The van der Waals surface area contributed by atoms with Crippen LogP contribution in [0.15, 0.2) is 0 Å². The van der Waals surface area contributed by atoms with Crippen LogP contribution in [0.2, 0.25) is 0 Å². The molecule has 0 aromatic carbocycles. The maximum atomic E-state index is 11.5. The molecule has 6 heteroatoms. The first-order valence-electron chi connectivity index (χ1n) is 10.7. The molecule has 0 saturated carbocycles. The topological polar surface area (TPSA) is 80.7 Å². The van der Waals surface area contributed by atoms with Crippen molar-refractivity contribution in [1.29, 1.82) is 0 Å². The standard InChI is InChI=1S/C10H20O.C9H18O3.C6H11O.Y/c1-9(2,3)7-8(11)10(4,5)6;1-9(2,3)8(11)4-6-12-7-5-10;1-5(7)6(2,3)4;/h7H2,1-6H3;10H,4-7H2,1-3H3;1H2,2-4H3;/q;;-1;. The number of hydrogen-bond donors (Lipinski definition) is 1. The molecular weight excluding hydrogens is 469 g/mol. The van der Waals surface area contributed by atoms with Crippen molar-refractivity contribution in [1.82, 2.24) is 0 Å². The van der Waals surface area contributed by atoms with Crippen LogP contribution in [0.25, 0.3) is 0 Å². The van der Waals surface area contributed by atoms with Gasteiger partial charge in [0.2, 0.25) is 0 Å². The minimum Gasteiger partial charge on any atom is -0.394 e. The number of aliphatic hydroxyl groups excluding tert-OH is 1. The Morgan fingerprint density at radius 1 is 0.710 bits per heavy atom. The van der Waals surface area contributed by atoms with Gasteiger partial charge in [-0.05, 0) is 10.8 Å². The molecule has 1 radical (unpaired) electrons. The summed E-state index contributed by atoms with van der Waals surface area (Å²) in [6, 6.07) is 0. The van der Waals surface area contributed by atoms with E-state index in [2.05, 4.69) is 27.7 Å². The molecular formula is C25H49O5Y-. The van der Waals surface area contributed by atoms with Crippen LogP contribution in [0.5, 0.6) is 0 Å². The molecule has 0 rings (SSSR count). The average Bonchev–Trinajstić information content (AvgIpc) is 2.48. The summed E-state index contributed by atoms with van der Waals surface area (Å²) in [5, 5.41) is 8.38. The molecule has 0 aliphatic heterocycles. The van der Waals surface area contributed by atoms with E-state index in [0.717, 1.165) is 0 Å². The number of ketones is 3. The minimum atomic E-state index is -0.275. The average molecular weight is 519 g/mol. The van der Waals surface area contributed by atoms with Gasteiger partial charge in [-0.15, -0.1) is 0 Å². The van der Waals surface area contributed by atoms with Crippen LogP contribution in [0.3, 0.4) is 0 Å². The summed E-state index contributed by atoms with van der Waals surface area (Å²) >= 11 is 0. The van der Waals surface area contributed by atoms with Crippen molar-refractivity contribution in [2.24, 2.45) is 21.7 Å². The van der Waals surface area contributed by atoms with Crippen LogP contribution in [-0.2, 0) is 51.8 Å². The molecule has 0 aliphatic carbocycles. The predicted octanol–water partition coefficient (Wildman–Crippen LogP) is 5.47. The van der Waals surface area contributed by atoms with Gasteiger partial charge >= 0.3 is 0 Å². The number of hydrogen-bond acceptors (Lipinski definition) is 5. The Labute approximate surface area is 217 Å². The summed E-state index contributed by atoms with van der Waals surface area (Å²) in [6.07, 6.45) is 1.11. The number of carbonyl (C=O) groups is 3. The third kappa shape index (κ3) is 27.9. The fourth-order valence-electron chi connectivity index (χ4n) is 1.45. The van der Waals surface area contributed by atoms with Crippen LogP contribution in [0.1, 0.15) is 95.9 Å². The summed E-state index contributed by atoms with van der Waals surface area (Å²) in [6.45, 7) is 27.4. The van der Waals surface area contributed by atoms with E-state index in [-0.39, 0.29) is 72.5 Å². The minimum absolute atomic E-state index is 0. The zero-order valence-corrected chi connectivity index (χ0v) is 25.2. The first-order chi connectivity index (χ1) is 13.1. The maximum Gasteiger partial charge on any atom is 0.140 e. The van der Waals surface area contributed by atoms with E-state index < -0.39 is 0 Å². The van der Waals surface area contributed by atoms with Crippen molar-refractivity contribution in [3.05, 3.63) is 6.92 Å². The Hall–Kier alpha value is -0.0961. The second kappa shape index (κ2) is 16.5. The Morgan fingerprint density at radius 3 is 1.26 bits per heavy atom. The van der Waals surface area contributed by atoms with E-state index in [0.29, 0.717) is 31.8 Å². The summed E-state index contributed by atoms with van der Waals surface area (Å²) in [4.78, 5) is 33.1. The van der Waals surface area contributed by atoms with Gasteiger partial charge in [0.15, 0.2) is 0 Å². The molecule has 0 aliphatic rings. The van der Waals surface area contributed by atoms with E-state index in [1.54, 1.807) is 0 Å². The van der Waals surface area contributed by atoms with E-state index >= 15 is 0 Å². The molecule has 183 valence electrons. The first kappa shape index (κ1) is 38.2. The molecule has 0 fully saturated rings. The summed E-state index contributed by atoms with van der Waals surface area (Å²) in [5.41, 5.74) is -0.569. The largest absolute Gasteiger partial charge is 0.394 e. The molecule has 0 aromatic rings. The summed E-state index contributed by atoms with van der Waals surface area (Å²) < 4.78 is 4.98. The fourth-order valence-corrected chi connectivity index (χ4v) is 1.45. The Bertz CT molecular complexity index is 512. The van der Waals surface area contributed by atoms with E-state index in [1.165, 1.54) is 0 Å². The Morgan fingerprint density at radius 2 is 1.06 bits per heavy atom. The molecule has 5 nitrogen and oxygen atoms in total. The van der Waals surface area contributed by atoms with Crippen molar-refractivity contribution >= 4 is 17.3 Å². The van der Waals surface area contributed by atoms with Gasteiger partial charge in [0.05, 0.1) is 19.8 Å². The van der Waals surface area contributed by atoms with Gasteiger partial charge in [0, 0.05) is 62.2 Å². The molecule has 0 spiro atoms. The van der Waals surface area contributed by atoms with Crippen LogP contribution in [-0.4, -0.2) is 42.3 Å². The van der Waals surface area contributed by atoms with Gasteiger partial charge in [-0.2, -0.15) is 0 Å². The van der Waals surface area contributed by atoms with Crippen molar-refractivity contribution in [2.45, 2.75) is 95.9 Å². The quantitative estimate of drug-likeness (QED) is 0.373.